The molecule has 1 amide bonds. The van der Waals surface area contributed by atoms with Gasteiger partial charge in [-0.05, 0) is 54.8 Å². The van der Waals surface area contributed by atoms with E-state index in [-0.39, 0.29) is 23.4 Å². The molecule has 29 heavy (non-hydrogen) atoms. The summed E-state index contributed by atoms with van der Waals surface area (Å²) in [5.41, 5.74) is 3.51. The van der Waals surface area contributed by atoms with Crippen LogP contribution >= 0.6 is 23.2 Å². The zero-order chi connectivity index (χ0) is 20.8. The minimum atomic E-state index is -0.0102. The Morgan fingerprint density at radius 3 is 2.48 bits per heavy atom. The fourth-order valence-electron chi connectivity index (χ4n) is 5.27. The highest BCUT2D eigenvalue weighted by molar-refractivity contribution is 6.42. The molecule has 5 heteroatoms. The van der Waals surface area contributed by atoms with Crippen LogP contribution in [0.4, 0.5) is 0 Å². The van der Waals surface area contributed by atoms with Crippen molar-refractivity contribution in [3.05, 3.63) is 69.2 Å². The SMILES string of the molecule is CN(C(=O)Cc1ccc(Cl)c(Cl)c1)[C@H]1c2ccccc2C(C)(C)[C@@H]1N1CCCC1. The first kappa shape index (κ1) is 20.7. The lowest BCUT2D eigenvalue weighted by Crippen LogP contribution is -2.50. The van der Waals surface area contributed by atoms with Crippen LogP contribution in [-0.2, 0) is 16.6 Å². The molecule has 4 rings (SSSR count). The molecule has 2 aliphatic rings. The lowest BCUT2D eigenvalue weighted by atomic mass is 9.81. The van der Waals surface area contributed by atoms with Gasteiger partial charge in [-0.1, -0.05) is 67.4 Å². The molecule has 0 spiro atoms. The zero-order valence-electron chi connectivity index (χ0n) is 17.3. The maximum Gasteiger partial charge on any atom is 0.227 e. The van der Waals surface area contributed by atoms with Gasteiger partial charge in [-0.25, -0.2) is 0 Å². The van der Waals surface area contributed by atoms with Crippen molar-refractivity contribution in [2.24, 2.45) is 0 Å². The first-order chi connectivity index (χ1) is 13.8. The predicted molar refractivity (Wildman–Crippen MR) is 120 cm³/mol. The number of likely N-dealkylation sites (N-methyl/N-ethyl adjacent to an activating group) is 1. The van der Waals surface area contributed by atoms with Crippen LogP contribution in [0.3, 0.4) is 0 Å². The molecule has 3 nitrogen and oxygen atoms in total. The summed E-state index contributed by atoms with van der Waals surface area (Å²) in [5, 5.41) is 0.999. The van der Waals surface area contributed by atoms with Gasteiger partial charge in [0.1, 0.15) is 0 Å². The number of carbonyl (C=O) groups is 1. The summed E-state index contributed by atoms with van der Waals surface area (Å²) in [6, 6.07) is 14.4. The Labute approximate surface area is 183 Å². The van der Waals surface area contributed by atoms with Gasteiger partial charge in [0.2, 0.25) is 5.91 Å². The number of halogens is 2. The molecule has 0 bridgehead atoms. The minimum absolute atomic E-state index is 0.0102. The topological polar surface area (TPSA) is 23.6 Å². The van der Waals surface area contributed by atoms with Crippen molar-refractivity contribution in [1.82, 2.24) is 9.80 Å². The molecule has 0 aromatic heterocycles. The van der Waals surface area contributed by atoms with E-state index in [9.17, 15) is 4.79 Å². The highest BCUT2D eigenvalue weighted by Crippen LogP contribution is 2.50. The number of hydrogen-bond acceptors (Lipinski definition) is 2. The molecule has 2 atom stereocenters. The third-order valence-corrected chi connectivity index (χ3v) is 7.44. The van der Waals surface area contributed by atoms with Gasteiger partial charge in [0.15, 0.2) is 0 Å². The van der Waals surface area contributed by atoms with E-state index in [1.165, 1.54) is 24.0 Å². The quantitative estimate of drug-likeness (QED) is 0.639. The molecule has 0 radical (unpaired) electrons. The third kappa shape index (κ3) is 3.69. The van der Waals surface area contributed by atoms with Crippen LogP contribution in [0, 0.1) is 0 Å². The smallest absolute Gasteiger partial charge is 0.227 e. The van der Waals surface area contributed by atoms with Crippen molar-refractivity contribution in [2.75, 3.05) is 20.1 Å². The average molecular weight is 431 g/mol. The standard InChI is InChI=1S/C24H28Cl2N2O/c1-24(2)18-9-5-4-8-17(18)22(23(24)28-12-6-7-13-28)27(3)21(29)15-16-10-11-19(25)20(26)14-16/h4-5,8-11,14,22-23H,6-7,12-13,15H2,1-3H3/t22-,23+/m0/s1. The summed E-state index contributed by atoms with van der Waals surface area (Å²) in [5.74, 6) is 0.102. The van der Waals surface area contributed by atoms with E-state index in [2.05, 4.69) is 43.0 Å². The fraction of sp³-hybridized carbons (Fsp3) is 0.458. The molecular weight excluding hydrogens is 403 g/mol. The Balaban J connectivity index is 1.66. The van der Waals surface area contributed by atoms with Crippen LogP contribution in [0.5, 0.6) is 0 Å². The van der Waals surface area contributed by atoms with Crippen LogP contribution in [0.15, 0.2) is 42.5 Å². The Hall–Kier alpha value is -1.55. The Bertz CT molecular complexity index is 921. The van der Waals surface area contributed by atoms with Gasteiger partial charge >= 0.3 is 0 Å². The monoisotopic (exact) mass is 430 g/mol. The van der Waals surface area contributed by atoms with Gasteiger partial charge < -0.3 is 4.90 Å². The second kappa shape index (κ2) is 7.94. The Morgan fingerprint density at radius 1 is 1.10 bits per heavy atom. The van der Waals surface area contributed by atoms with Crippen LogP contribution in [0.2, 0.25) is 10.0 Å². The van der Waals surface area contributed by atoms with Crippen molar-refractivity contribution in [3.8, 4) is 0 Å². The van der Waals surface area contributed by atoms with Gasteiger partial charge in [0, 0.05) is 18.5 Å². The number of benzene rings is 2. The summed E-state index contributed by atoms with van der Waals surface area (Å²) in [7, 11) is 1.95. The van der Waals surface area contributed by atoms with Gasteiger partial charge in [-0.2, -0.15) is 0 Å². The van der Waals surface area contributed by atoms with Gasteiger partial charge in [-0.3, -0.25) is 9.69 Å². The molecule has 1 saturated heterocycles. The molecule has 2 aromatic carbocycles. The lowest BCUT2D eigenvalue weighted by Gasteiger charge is -2.41. The molecule has 0 unspecified atom stereocenters. The van der Waals surface area contributed by atoms with E-state index >= 15 is 0 Å². The van der Waals surface area contributed by atoms with Crippen molar-refractivity contribution in [2.45, 2.75) is 50.6 Å². The van der Waals surface area contributed by atoms with Crippen LogP contribution < -0.4 is 0 Å². The van der Waals surface area contributed by atoms with E-state index in [1.807, 2.05) is 18.0 Å². The highest BCUT2D eigenvalue weighted by Gasteiger charge is 2.51. The Kier molecular flexibility index (Phi) is 5.67. The summed E-state index contributed by atoms with van der Waals surface area (Å²) in [6.07, 6.45) is 2.78. The second-order valence-corrected chi connectivity index (χ2v) is 9.69. The number of amides is 1. The number of nitrogens with zero attached hydrogens (tertiary/aromatic N) is 2. The minimum Gasteiger partial charge on any atom is -0.337 e. The Morgan fingerprint density at radius 2 is 1.79 bits per heavy atom. The largest absolute Gasteiger partial charge is 0.337 e. The van der Waals surface area contributed by atoms with Crippen molar-refractivity contribution < 1.29 is 4.79 Å². The molecule has 154 valence electrons. The van der Waals surface area contributed by atoms with E-state index in [0.717, 1.165) is 18.7 Å². The number of hydrogen-bond donors (Lipinski definition) is 0. The molecule has 2 aromatic rings. The molecule has 0 N–H and O–H groups in total. The van der Waals surface area contributed by atoms with Gasteiger partial charge in [-0.15, -0.1) is 0 Å². The maximum absolute atomic E-state index is 13.3. The third-order valence-electron chi connectivity index (χ3n) is 6.70. The second-order valence-electron chi connectivity index (χ2n) is 8.87. The van der Waals surface area contributed by atoms with E-state index in [4.69, 9.17) is 23.2 Å². The van der Waals surface area contributed by atoms with Crippen LogP contribution in [-0.4, -0.2) is 41.9 Å². The van der Waals surface area contributed by atoms with E-state index in [0.29, 0.717) is 16.5 Å². The van der Waals surface area contributed by atoms with Crippen LogP contribution in [0.25, 0.3) is 0 Å². The summed E-state index contributed by atoms with van der Waals surface area (Å²) in [4.78, 5) is 17.9. The van der Waals surface area contributed by atoms with Gasteiger partial charge in [0.25, 0.3) is 0 Å². The summed E-state index contributed by atoms with van der Waals surface area (Å²) < 4.78 is 0. The lowest BCUT2D eigenvalue weighted by molar-refractivity contribution is -0.133. The summed E-state index contributed by atoms with van der Waals surface area (Å²) in [6.45, 7) is 6.86. The van der Waals surface area contributed by atoms with Crippen molar-refractivity contribution >= 4 is 29.1 Å². The number of likely N-dealkylation sites (tertiary alicyclic amines) is 1. The molecule has 1 aliphatic heterocycles. The molecule has 1 heterocycles. The molecular formula is C24H28Cl2N2O. The van der Waals surface area contributed by atoms with Crippen molar-refractivity contribution in [3.63, 3.8) is 0 Å². The van der Waals surface area contributed by atoms with Crippen molar-refractivity contribution in [1.29, 1.82) is 0 Å². The molecule has 1 aliphatic carbocycles. The normalized spacial score (nSPS) is 23.2. The molecule has 0 saturated carbocycles. The van der Waals surface area contributed by atoms with Crippen LogP contribution in [0.1, 0.15) is 49.4 Å². The maximum atomic E-state index is 13.3. The first-order valence-electron chi connectivity index (χ1n) is 10.3. The van der Waals surface area contributed by atoms with E-state index < -0.39 is 0 Å². The average Bonchev–Trinajstić information content (AvgIpc) is 3.29. The van der Waals surface area contributed by atoms with Gasteiger partial charge in [0.05, 0.1) is 22.5 Å². The number of carbonyl (C=O) groups excluding carboxylic acids is 1. The number of rotatable bonds is 4. The van der Waals surface area contributed by atoms with E-state index in [1.54, 1.807) is 12.1 Å². The summed E-state index contributed by atoms with van der Waals surface area (Å²) >= 11 is 12.2. The first-order valence-corrected chi connectivity index (χ1v) is 11.1. The number of fused-ring (bicyclic) bond motifs is 1. The fourth-order valence-corrected chi connectivity index (χ4v) is 5.59. The highest BCUT2D eigenvalue weighted by atomic mass is 35.5. The predicted octanol–water partition coefficient (Wildman–Crippen LogP) is 5.49. The molecule has 1 fully saturated rings. The zero-order valence-corrected chi connectivity index (χ0v) is 18.8.